The summed E-state index contributed by atoms with van der Waals surface area (Å²) in [5.74, 6) is 0.208. The van der Waals surface area contributed by atoms with E-state index in [1.54, 1.807) is 11.4 Å². The van der Waals surface area contributed by atoms with Crippen LogP contribution in [0.25, 0.3) is 0 Å². The number of carbonyl (C=O) groups is 2. The van der Waals surface area contributed by atoms with Crippen molar-refractivity contribution in [2.24, 2.45) is 0 Å². The molecule has 1 aromatic carbocycles. The van der Waals surface area contributed by atoms with E-state index in [-0.39, 0.29) is 18.2 Å². The predicted molar refractivity (Wildman–Crippen MR) is 101 cm³/mol. The van der Waals surface area contributed by atoms with Crippen LogP contribution in [-0.4, -0.2) is 39.9 Å². The van der Waals surface area contributed by atoms with Crippen LogP contribution >= 0.6 is 11.3 Å². The number of aromatic nitrogens is 3. The summed E-state index contributed by atoms with van der Waals surface area (Å²) in [6.07, 6.45) is 3.10. The number of ether oxygens (including phenoxy) is 1. The predicted octanol–water partition coefficient (Wildman–Crippen LogP) is 1.92. The van der Waals surface area contributed by atoms with Gasteiger partial charge in [-0.3, -0.25) is 14.9 Å². The number of hydrogen-bond acceptors (Lipinski definition) is 7. The summed E-state index contributed by atoms with van der Waals surface area (Å²) in [6.45, 7) is 0.776. The molecule has 2 heterocycles. The minimum Gasteiger partial charge on any atom is -0.492 e. The van der Waals surface area contributed by atoms with Crippen molar-refractivity contribution in [2.75, 3.05) is 18.5 Å². The Morgan fingerprint density at radius 3 is 2.63 bits per heavy atom. The number of rotatable bonds is 8. The van der Waals surface area contributed by atoms with Crippen molar-refractivity contribution in [3.8, 4) is 5.75 Å². The van der Waals surface area contributed by atoms with Crippen LogP contribution in [0, 0.1) is 0 Å². The molecule has 0 unspecified atom stereocenters. The van der Waals surface area contributed by atoms with Crippen LogP contribution in [0.4, 0.5) is 5.13 Å². The number of hydrogen-bond donors (Lipinski definition) is 2. The lowest BCUT2D eigenvalue weighted by Crippen LogP contribution is -2.29. The molecule has 0 bridgehead atoms. The van der Waals surface area contributed by atoms with Gasteiger partial charge in [0.2, 0.25) is 11.7 Å². The van der Waals surface area contributed by atoms with Crippen molar-refractivity contribution in [3.63, 3.8) is 0 Å². The Morgan fingerprint density at radius 1 is 1.07 bits per heavy atom. The second-order valence-corrected chi connectivity index (χ2v) is 6.22. The van der Waals surface area contributed by atoms with Gasteiger partial charge in [-0.15, -0.1) is 11.3 Å². The molecular formula is C18H17N5O3S. The summed E-state index contributed by atoms with van der Waals surface area (Å²) in [5.41, 5.74) is 0.575. The molecule has 8 nitrogen and oxygen atoms in total. The van der Waals surface area contributed by atoms with Crippen LogP contribution in [0.15, 0.2) is 54.2 Å². The summed E-state index contributed by atoms with van der Waals surface area (Å²) in [5, 5.41) is 7.50. The average Bonchev–Trinajstić information content (AvgIpc) is 3.13. The van der Waals surface area contributed by atoms with E-state index >= 15 is 0 Å². The van der Waals surface area contributed by atoms with Crippen molar-refractivity contribution >= 4 is 28.3 Å². The molecule has 2 N–H and O–H groups in total. The largest absolute Gasteiger partial charge is 0.492 e. The molecule has 0 spiro atoms. The van der Waals surface area contributed by atoms with Crippen LogP contribution in [0.1, 0.15) is 16.3 Å². The van der Waals surface area contributed by atoms with Crippen LogP contribution in [0.2, 0.25) is 0 Å². The molecular weight excluding hydrogens is 366 g/mol. The highest BCUT2D eigenvalue weighted by molar-refractivity contribution is 7.14. The fourth-order valence-corrected chi connectivity index (χ4v) is 2.82. The number of nitrogens with one attached hydrogen (secondary N) is 2. The third kappa shape index (κ3) is 5.86. The third-order valence-corrected chi connectivity index (χ3v) is 4.13. The van der Waals surface area contributed by atoms with Crippen LogP contribution in [-0.2, 0) is 11.2 Å². The Kier molecular flexibility index (Phi) is 6.42. The zero-order valence-electron chi connectivity index (χ0n) is 14.3. The van der Waals surface area contributed by atoms with Gasteiger partial charge in [0.15, 0.2) is 5.13 Å². The number of nitrogens with zero attached hydrogens (tertiary/aromatic N) is 3. The molecule has 0 saturated heterocycles. The first-order valence-electron chi connectivity index (χ1n) is 8.18. The summed E-state index contributed by atoms with van der Waals surface area (Å²) in [6, 6.07) is 11.0. The number of benzene rings is 1. The normalized spacial score (nSPS) is 10.2. The fourth-order valence-electron chi connectivity index (χ4n) is 2.12. The number of carbonyl (C=O) groups excluding carboxylic acids is 2. The van der Waals surface area contributed by atoms with E-state index < -0.39 is 5.91 Å². The van der Waals surface area contributed by atoms with E-state index in [0.717, 1.165) is 5.75 Å². The van der Waals surface area contributed by atoms with E-state index in [0.29, 0.717) is 24.0 Å². The summed E-state index contributed by atoms with van der Waals surface area (Å²) < 4.78 is 5.51. The van der Waals surface area contributed by atoms with Crippen molar-refractivity contribution in [1.82, 2.24) is 20.3 Å². The molecule has 138 valence electrons. The lowest BCUT2D eigenvalue weighted by atomic mass is 10.3. The van der Waals surface area contributed by atoms with Crippen molar-refractivity contribution in [2.45, 2.75) is 6.42 Å². The van der Waals surface area contributed by atoms with E-state index in [9.17, 15) is 9.59 Å². The zero-order valence-corrected chi connectivity index (χ0v) is 15.1. The maximum absolute atomic E-state index is 12.0. The number of amides is 2. The molecule has 0 aliphatic rings. The van der Waals surface area contributed by atoms with Crippen LogP contribution in [0.5, 0.6) is 5.75 Å². The Hall–Kier alpha value is -3.33. The summed E-state index contributed by atoms with van der Waals surface area (Å²) in [7, 11) is 0. The maximum atomic E-state index is 12.0. The first kappa shape index (κ1) is 18.5. The van der Waals surface area contributed by atoms with Crippen LogP contribution in [0.3, 0.4) is 0 Å². The van der Waals surface area contributed by atoms with Gasteiger partial charge < -0.3 is 10.1 Å². The van der Waals surface area contributed by atoms with Crippen LogP contribution < -0.4 is 15.4 Å². The van der Waals surface area contributed by atoms with Gasteiger partial charge in [0.1, 0.15) is 12.4 Å². The highest BCUT2D eigenvalue weighted by Crippen LogP contribution is 2.16. The average molecular weight is 383 g/mol. The summed E-state index contributed by atoms with van der Waals surface area (Å²) >= 11 is 1.24. The molecule has 3 rings (SSSR count). The smallest absolute Gasteiger partial charge is 0.295 e. The van der Waals surface area contributed by atoms with E-state index in [1.165, 1.54) is 23.7 Å². The van der Waals surface area contributed by atoms with Gasteiger partial charge in [-0.25, -0.2) is 15.0 Å². The molecule has 0 aliphatic carbocycles. The molecule has 27 heavy (non-hydrogen) atoms. The molecule has 2 amide bonds. The van der Waals surface area contributed by atoms with Crippen molar-refractivity contribution < 1.29 is 14.3 Å². The van der Waals surface area contributed by atoms with Gasteiger partial charge >= 0.3 is 0 Å². The quantitative estimate of drug-likeness (QED) is 0.576. The Labute approximate surface area is 159 Å². The molecule has 0 fully saturated rings. The van der Waals surface area contributed by atoms with E-state index in [2.05, 4.69) is 25.6 Å². The first-order valence-corrected chi connectivity index (χ1v) is 9.06. The highest BCUT2D eigenvalue weighted by Gasteiger charge is 2.12. The van der Waals surface area contributed by atoms with Crippen molar-refractivity contribution in [3.05, 3.63) is 65.7 Å². The molecule has 2 aromatic heterocycles. The van der Waals surface area contributed by atoms with Gasteiger partial charge in [0.05, 0.1) is 18.7 Å². The standard InChI is InChI=1S/C18H17N5O3S/c24-15(19-9-10-26-14-5-2-1-3-6-14)11-13-12-27-18(22-13)23-17(25)16-20-7-4-8-21-16/h1-8,12H,9-11H2,(H,19,24)(H,22,23,25). The number of thiazole rings is 1. The SMILES string of the molecule is O=C(Cc1csc(NC(=O)c2ncccn2)n1)NCCOc1ccccc1. The molecule has 0 radical (unpaired) electrons. The lowest BCUT2D eigenvalue weighted by molar-refractivity contribution is -0.120. The van der Waals surface area contributed by atoms with E-state index in [1.807, 2.05) is 30.3 Å². The molecule has 0 aliphatic heterocycles. The second kappa shape index (κ2) is 9.39. The van der Waals surface area contributed by atoms with Gasteiger partial charge in [0, 0.05) is 17.8 Å². The monoisotopic (exact) mass is 383 g/mol. The molecule has 3 aromatic rings. The molecule has 0 atom stereocenters. The van der Waals surface area contributed by atoms with Crippen molar-refractivity contribution in [1.29, 1.82) is 0 Å². The first-order chi connectivity index (χ1) is 13.2. The fraction of sp³-hybridized carbons (Fsp3) is 0.167. The minimum atomic E-state index is -0.445. The van der Waals surface area contributed by atoms with E-state index in [4.69, 9.17) is 4.74 Å². The summed E-state index contributed by atoms with van der Waals surface area (Å²) in [4.78, 5) is 35.9. The highest BCUT2D eigenvalue weighted by atomic mass is 32.1. The number of para-hydroxylation sites is 1. The Bertz CT molecular complexity index is 886. The number of anilines is 1. The zero-order chi connectivity index (χ0) is 18.9. The Balaban J connectivity index is 1.40. The Morgan fingerprint density at radius 2 is 1.85 bits per heavy atom. The molecule has 9 heteroatoms. The maximum Gasteiger partial charge on any atom is 0.295 e. The minimum absolute atomic E-state index is 0.0606. The van der Waals surface area contributed by atoms with Gasteiger partial charge in [0.25, 0.3) is 5.91 Å². The van der Waals surface area contributed by atoms with Gasteiger partial charge in [-0.1, -0.05) is 18.2 Å². The van der Waals surface area contributed by atoms with Gasteiger partial charge in [-0.05, 0) is 18.2 Å². The second-order valence-electron chi connectivity index (χ2n) is 5.36. The lowest BCUT2D eigenvalue weighted by Gasteiger charge is -2.07. The van der Waals surface area contributed by atoms with Gasteiger partial charge in [-0.2, -0.15) is 0 Å². The topological polar surface area (TPSA) is 106 Å². The molecule has 0 saturated carbocycles. The third-order valence-electron chi connectivity index (χ3n) is 3.32.